The normalized spacial score (nSPS) is 0. The minimum absolute atomic E-state index is 0. The van der Waals surface area contributed by atoms with Gasteiger partial charge in [0.2, 0.25) is 0 Å². The molecule has 0 heterocycles. The van der Waals surface area contributed by atoms with E-state index in [0.29, 0.717) is 0 Å². The molecule has 0 heteroatoms. The van der Waals surface area contributed by atoms with Gasteiger partial charge in [-0.2, -0.15) is 0 Å². The highest BCUT2D eigenvalue weighted by Crippen LogP contribution is 0.165. The van der Waals surface area contributed by atoms with Crippen LogP contribution in [-0.4, -0.2) is 0 Å². The smallest absolute Gasteiger partial charge is 0.0776 e. The molecule has 0 aliphatic heterocycles. The Balaban J connectivity index is 0. The van der Waals surface area contributed by atoms with Crippen molar-refractivity contribution in [2.24, 2.45) is 0 Å². The van der Waals surface area contributed by atoms with Crippen molar-refractivity contribution in [1.29, 1.82) is 0 Å². The number of rotatable bonds is 0. The van der Waals surface area contributed by atoms with Crippen molar-refractivity contribution in [2.75, 3.05) is 0 Å². The molecule has 0 rings (SSSR count). The Bertz CT molecular complexity index is 0. The maximum absolute atomic E-state index is 0. The molecule has 0 fully saturated rings. The molecule has 0 bridgehead atoms. The van der Waals surface area contributed by atoms with Crippen molar-refractivity contribution >= 4 is 0 Å². The standard InChI is InChI=1S/22CH4/h22*1H4. The van der Waals surface area contributed by atoms with Gasteiger partial charge in [-0.15, -0.1) is 0 Å². The van der Waals surface area contributed by atoms with Gasteiger partial charge in [-0.05, 0) is 0 Å². The first-order valence-corrected chi connectivity index (χ1v) is 0. The summed E-state index contributed by atoms with van der Waals surface area (Å²) in [4.78, 5) is 0. The van der Waals surface area contributed by atoms with Crippen LogP contribution in [0.2, 0.25) is 0 Å². The van der Waals surface area contributed by atoms with Crippen LogP contribution in [0.4, 0.5) is 0 Å². The van der Waals surface area contributed by atoms with Gasteiger partial charge < -0.3 is 0 Å². The Morgan fingerprint density at radius 3 is 0.0455 bits per heavy atom. The summed E-state index contributed by atoms with van der Waals surface area (Å²) in [7, 11) is 0. The molecule has 0 unspecified atom stereocenters. The van der Waals surface area contributed by atoms with Gasteiger partial charge in [-0.25, -0.2) is 0 Å². The average Bonchev–Trinajstić information content (AvgIpc) is 0. The van der Waals surface area contributed by atoms with E-state index in [0.717, 1.165) is 0 Å². The van der Waals surface area contributed by atoms with Crippen LogP contribution in [-0.2, 0) is 0 Å². The van der Waals surface area contributed by atoms with Crippen LogP contribution in [0.15, 0.2) is 0 Å². The Labute approximate surface area is 164 Å². The lowest BCUT2D eigenvalue weighted by molar-refractivity contribution is 2.50. The highest BCUT2D eigenvalue weighted by molar-refractivity contribution is 2.52. The van der Waals surface area contributed by atoms with Gasteiger partial charge in [0.05, 0.1) is 0 Å². The molecule has 0 spiro atoms. The van der Waals surface area contributed by atoms with Crippen molar-refractivity contribution in [1.82, 2.24) is 0 Å². The fourth-order valence-electron chi connectivity index (χ4n) is 0. The molecule has 0 aliphatic carbocycles. The topological polar surface area (TPSA) is 0 Å². The summed E-state index contributed by atoms with van der Waals surface area (Å²) in [6.45, 7) is 0. The molecule has 0 radical (unpaired) electrons. The van der Waals surface area contributed by atoms with E-state index >= 15 is 0 Å². The van der Waals surface area contributed by atoms with E-state index < -0.39 is 0 Å². The van der Waals surface area contributed by atoms with E-state index in [4.69, 9.17) is 0 Å². The van der Waals surface area contributed by atoms with E-state index in [1.165, 1.54) is 0 Å². The molecular weight excluding hydrogens is 264 g/mol. The van der Waals surface area contributed by atoms with Crippen LogP contribution < -0.4 is 0 Å². The van der Waals surface area contributed by atoms with E-state index in [2.05, 4.69) is 0 Å². The molecule has 176 valence electrons. The van der Waals surface area contributed by atoms with E-state index in [1.54, 1.807) is 0 Å². The first kappa shape index (κ1) is 0. The third-order valence-electron chi connectivity index (χ3n) is 0. The fraction of sp³-hybridized carbons (Fsp3) is 1.00. The van der Waals surface area contributed by atoms with Gasteiger partial charge in [0.15, 0.2) is 0 Å². The van der Waals surface area contributed by atoms with Crippen molar-refractivity contribution in [3.05, 3.63) is 0 Å². The van der Waals surface area contributed by atoms with Gasteiger partial charge in [0.1, 0.15) is 0 Å². The van der Waals surface area contributed by atoms with Crippen molar-refractivity contribution in [2.45, 2.75) is 163 Å². The summed E-state index contributed by atoms with van der Waals surface area (Å²) < 4.78 is 0. The molecule has 0 aliphatic rings. The molecule has 0 nitrogen and oxygen atoms in total. The molecule has 0 aromatic heterocycles. The summed E-state index contributed by atoms with van der Waals surface area (Å²) >= 11 is 0. The van der Waals surface area contributed by atoms with Gasteiger partial charge in [0.25, 0.3) is 0 Å². The lowest BCUT2D eigenvalue weighted by Gasteiger charge is -0.0786. The predicted molar refractivity (Wildman–Crippen MR) is 148 cm³/mol. The zero-order chi connectivity index (χ0) is 0. The maximum atomic E-state index is 0. The molecule has 0 saturated carbocycles. The second-order valence-corrected chi connectivity index (χ2v) is 0. The Kier molecular flexibility index (Phi) is 0. The zero-order valence-electron chi connectivity index (χ0n) is 0. The molecule has 22 heavy (non-hydrogen) atoms. The third kappa shape index (κ3) is 0. The van der Waals surface area contributed by atoms with E-state index in [9.17, 15) is 0 Å². The molecule has 0 aromatic carbocycles. The van der Waals surface area contributed by atoms with Gasteiger partial charge >= 0.3 is 0 Å². The second kappa shape index (κ2) is 0. The predicted octanol–water partition coefficient (Wildman–Crippen LogP) is 14.0. The Morgan fingerprint density at radius 1 is 0.0455 bits per heavy atom. The Hall–Kier alpha value is 0. The SMILES string of the molecule is C.C.C.C.C.C.C.C.C.C.C.C.C.C.C.C.C.C.C.C.C.C. The second-order valence-electron chi connectivity index (χ2n) is 0. The van der Waals surface area contributed by atoms with Crippen LogP contribution in [0.25, 0.3) is 0 Å². The highest BCUT2D eigenvalue weighted by Gasteiger charge is -0.0566. The first-order valence-electron chi connectivity index (χ1n) is 0. The summed E-state index contributed by atoms with van der Waals surface area (Å²) in [6, 6.07) is 0. The molecular formula is C22H88. The van der Waals surface area contributed by atoms with Crippen LogP contribution in [0.3, 0.4) is 0 Å². The third-order valence-corrected chi connectivity index (χ3v) is 0. The number of hydrogen-bond acceptors (Lipinski definition) is 0. The van der Waals surface area contributed by atoms with Crippen molar-refractivity contribution < 1.29 is 0 Å². The molecule has 0 N–H and O–H groups in total. The molecule has 0 aromatic rings. The summed E-state index contributed by atoms with van der Waals surface area (Å²) in [5.74, 6) is 0. The first-order chi connectivity index (χ1) is 0. The zero-order valence-corrected chi connectivity index (χ0v) is 0. The Morgan fingerprint density at radius 2 is 0.0455 bits per heavy atom. The molecule has 0 amide bonds. The van der Waals surface area contributed by atoms with Gasteiger partial charge in [0, 0.05) is 0 Å². The van der Waals surface area contributed by atoms with Gasteiger partial charge in [-0.3, -0.25) is 0 Å². The van der Waals surface area contributed by atoms with E-state index in [-0.39, 0.29) is 163 Å². The lowest BCUT2D eigenvalue weighted by atomic mass is 12.0. The minimum atomic E-state index is 0. The molecule has 0 saturated heterocycles. The summed E-state index contributed by atoms with van der Waals surface area (Å²) in [6.07, 6.45) is 0. The van der Waals surface area contributed by atoms with Crippen LogP contribution in [0, 0.1) is 0 Å². The lowest BCUT2D eigenvalue weighted by Crippen LogP contribution is 0.143. The largest absolute Gasteiger partial charge is 0.0776 e. The van der Waals surface area contributed by atoms with E-state index in [1.807, 2.05) is 0 Å². The fourth-order valence-corrected chi connectivity index (χ4v) is 0. The maximum Gasteiger partial charge on any atom is -0.0776 e. The van der Waals surface area contributed by atoms with Crippen molar-refractivity contribution in [3.63, 3.8) is 0 Å². The van der Waals surface area contributed by atoms with Gasteiger partial charge in [-0.1, -0.05) is 163 Å². The summed E-state index contributed by atoms with van der Waals surface area (Å²) in [5, 5.41) is 0. The van der Waals surface area contributed by atoms with Crippen LogP contribution in [0.1, 0.15) is 163 Å². The quantitative estimate of drug-likeness (QED) is 0.406. The van der Waals surface area contributed by atoms with Crippen molar-refractivity contribution in [3.8, 4) is 0 Å². The highest BCUT2D eigenvalue weighted by atomic mass is 12.0. The van der Waals surface area contributed by atoms with Crippen LogP contribution in [0.5, 0.6) is 0 Å². The monoisotopic (exact) mass is 353 g/mol. The minimum Gasteiger partial charge on any atom is -0.0776 e. The molecule has 0 atom stereocenters. The average molecular weight is 353 g/mol. The summed E-state index contributed by atoms with van der Waals surface area (Å²) in [5.41, 5.74) is 0. The van der Waals surface area contributed by atoms with Crippen LogP contribution >= 0.6 is 0 Å². The number of hydrogen-bond donors (Lipinski definition) is 0.